The molecule has 1 aromatic rings. The summed E-state index contributed by atoms with van der Waals surface area (Å²) < 4.78 is 0. The van der Waals surface area contributed by atoms with Gasteiger partial charge in [0.2, 0.25) is 0 Å². The highest BCUT2D eigenvalue weighted by Gasteiger charge is 2.31. The lowest BCUT2D eigenvalue weighted by Gasteiger charge is -2.38. The molecule has 0 spiro atoms. The molecule has 2 aliphatic rings. The van der Waals surface area contributed by atoms with Crippen molar-refractivity contribution in [1.29, 1.82) is 0 Å². The number of rotatable bonds is 2. The Morgan fingerprint density at radius 1 is 1.26 bits per heavy atom. The van der Waals surface area contributed by atoms with Gasteiger partial charge in [-0.3, -0.25) is 4.79 Å². The van der Waals surface area contributed by atoms with Crippen molar-refractivity contribution in [2.75, 3.05) is 13.1 Å². The molecule has 0 bridgehead atoms. The van der Waals surface area contributed by atoms with E-state index in [2.05, 4.69) is 19.2 Å². The summed E-state index contributed by atoms with van der Waals surface area (Å²) in [5, 5.41) is 4.61. The molecule has 1 amide bonds. The van der Waals surface area contributed by atoms with Crippen molar-refractivity contribution in [3.63, 3.8) is 0 Å². The maximum absolute atomic E-state index is 12.9. The lowest BCUT2D eigenvalue weighted by Crippen LogP contribution is -2.57. The van der Waals surface area contributed by atoms with Gasteiger partial charge in [0.25, 0.3) is 5.91 Å². The van der Waals surface area contributed by atoms with Gasteiger partial charge >= 0.3 is 0 Å². The molecule has 2 atom stereocenters. The Balaban J connectivity index is 0.00000132. The Hall–Kier alpha value is -0.360. The van der Waals surface area contributed by atoms with Crippen LogP contribution in [0.4, 0.5) is 0 Å². The van der Waals surface area contributed by atoms with Gasteiger partial charge in [0, 0.05) is 31.1 Å². The van der Waals surface area contributed by atoms with E-state index in [1.807, 2.05) is 11.8 Å². The maximum atomic E-state index is 12.9. The summed E-state index contributed by atoms with van der Waals surface area (Å²) in [4.78, 5) is 20.5. The monoisotopic (exact) mass is 379 g/mol. The first-order chi connectivity index (χ1) is 10.1. The molecule has 1 aliphatic heterocycles. The molecular formula is C16H27Cl2N3OS. The number of piperazine rings is 1. The smallest absolute Gasteiger partial charge is 0.266 e. The fraction of sp³-hybridized carbons (Fsp3) is 0.750. The Kier molecular flexibility index (Phi) is 7.78. The summed E-state index contributed by atoms with van der Waals surface area (Å²) in [6, 6.07) is 0.591. The van der Waals surface area contributed by atoms with Gasteiger partial charge in [-0.1, -0.05) is 12.8 Å². The predicted molar refractivity (Wildman–Crippen MR) is 101 cm³/mol. The predicted octanol–water partition coefficient (Wildman–Crippen LogP) is 3.78. The van der Waals surface area contributed by atoms with Crippen LogP contribution in [-0.2, 0) is 0 Å². The summed E-state index contributed by atoms with van der Waals surface area (Å²) in [6.07, 6.45) is 5.08. The number of carbonyl (C=O) groups is 1. The number of hydrogen-bond acceptors (Lipinski definition) is 4. The number of hydrogen-bond donors (Lipinski definition) is 1. The molecule has 1 aliphatic carbocycles. The lowest BCUT2D eigenvalue weighted by molar-refractivity contribution is 0.0607. The number of nitrogens with one attached hydrogen (secondary N) is 1. The van der Waals surface area contributed by atoms with Crippen LogP contribution in [0.15, 0.2) is 0 Å². The van der Waals surface area contributed by atoms with Gasteiger partial charge in [0.15, 0.2) is 0 Å². The van der Waals surface area contributed by atoms with Crippen molar-refractivity contribution in [2.24, 2.45) is 0 Å². The molecule has 1 aromatic heterocycles. The van der Waals surface area contributed by atoms with Crippen molar-refractivity contribution in [3.05, 3.63) is 15.6 Å². The maximum Gasteiger partial charge on any atom is 0.266 e. The highest BCUT2D eigenvalue weighted by atomic mass is 35.5. The van der Waals surface area contributed by atoms with Crippen LogP contribution < -0.4 is 5.32 Å². The molecule has 0 radical (unpaired) electrons. The normalized spacial score (nSPS) is 24.9. The van der Waals surface area contributed by atoms with Gasteiger partial charge in [-0.25, -0.2) is 4.98 Å². The minimum absolute atomic E-state index is 0. The number of halogens is 2. The average Bonchev–Trinajstić information content (AvgIpc) is 3.10. The average molecular weight is 380 g/mol. The van der Waals surface area contributed by atoms with Crippen LogP contribution in [-0.4, -0.2) is 41.0 Å². The van der Waals surface area contributed by atoms with E-state index in [9.17, 15) is 4.79 Å². The number of thiazole rings is 1. The van der Waals surface area contributed by atoms with Crippen molar-refractivity contribution in [1.82, 2.24) is 15.2 Å². The zero-order valence-electron chi connectivity index (χ0n) is 14.0. The second-order valence-corrected chi connectivity index (χ2v) is 7.46. The molecule has 2 fully saturated rings. The van der Waals surface area contributed by atoms with Gasteiger partial charge in [-0.15, -0.1) is 36.2 Å². The SMILES string of the molecule is Cc1nc(C2CCCC2)sc1C(=O)N1CCNC(C)C1C.Cl.Cl. The second-order valence-electron chi connectivity index (χ2n) is 6.43. The largest absolute Gasteiger partial charge is 0.332 e. The number of amides is 1. The first-order valence-electron chi connectivity index (χ1n) is 8.09. The zero-order valence-corrected chi connectivity index (χ0v) is 16.5. The summed E-state index contributed by atoms with van der Waals surface area (Å²) >= 11 is 1.64. The molecule has 1 saturated heterocycles. The molecule has 2 unspecified atom stereocenters. The van der Waals surface area contributed by atoms with Gasteiger partial charge in [-0.05, 0) is 33.6 Å². The van der Waals surface area contributed by atoms with Crippen LogP contribution in [0.5, 0.6) is 0 Å². The van der Waals surface area contributed by atoms with Crippen LogP contribution >= 0.6 is 36.2 Å². The van der Waals surface area contributed by atoms with Crippen LogP contribution in [0, 0.1) is 6.92 Å². The standard InChI is InChI=1S/C16H25N3OS.2ClH/c1-10-12(3)19(9-8-17-10)16(20)14-11(2)18-15(21-14)13-6-4-5-7-13;;/h10,12-13,17H,4-9H2,1-3H3;2*1H. The third kappa shape index (κ3) is 4.19. The molecule has 3 rings (SSSR count). The van der Waals surface area contributed by atoms with E-state index < -0.39 is 0 Å². The van der Waals surface area contributed by atoms with Crippen LogP contribution in [0.3, 0.4) is 0 Å². The van der Waals surface area contributed by atoms with E-state index >= 15 is 0 Å². The van der Waals surface area contributed by atoms with E-state index in [4.69, 9.17) is 4.98 Å². The Morgan fingerprint density at radius 3 is 2.57 bits per heavy atom. The quantitative estimate of drug-likeness (QED) is 0.850. The fourth-order valence-corrected chi connectivity index (χ4v) is 4.63. The molecule has 132 valence electrons. The summed E-state index contributed by atoms with van der Waals surface area (Å²) in [5.74, 6) is 0.768. The van der Waals surface area contributed by atoms with Gasteiger partial charge in [0.05, 0.1) is 10.7 Å². The number of carbonyl (C=O) groups excluding carboxylic acids is 1. The molecule has 23 heavy (non-hydrogen) atoms. The third-order valence-electron chi connectivity index (χ3n) is 5.01. The topological polar surface area (TPSA) is 45.2 Å². The van der Waals surface area contributed by atoms with Crippen LogP contribution in [0.2, 0.25) is 0 Å². The second kappa shape index (κ2) is 8.65. The first-order valence-corrected chi connectivity index (χ1v) is 8.91. The summed E-state index contributed by atoms with van der Waals surface area (Å²) in [6.45, 7) is 7.93. The highest BCUT2D eigenvalue weighted by Crippen LogP contribution is 2.37. The van der Waals surface area contributed by atoms with Gasteiger partial charge in [-0.2, -0.15) is 0 Å². The van der Waals surface area contributed by atoms with E-state index in [0.29, 0.717) is 12.0 Å². The van der Waals surface area contributed by atoms with E-state index in [0.717, 1.165) is 23.7 Å². The van der Waals surface area contributed by atoms with Gasteiger partial charge in [0.1, 0.15) is 4.88 Å². The summed E-state index contributed by atoms with van der Waals surface area (Å²) in [5.41, 5.74) is 0.922. The fourth-order valence-electron chi connectivity index (χ4n) is 3.44. The zero-order chi connectivity index (χ0) is 15.0. The molecule has 4 nitrogen and oxygen atoms in total. The van der Waals surface area contributed by atoms with Crippen LogP contribution in [0.25, 0.3) is 0 Å². The minimum Gasteiger partial charge on any atom is -0.332 e. The Bertz CT molecular complexity index is 531. The van der Waals surface area contributed by atoms with E-state index in [1.54, 1.807) is 11.3 Å². The minimum atomic E-state index is 0. The first kappa shape index (κ1) is 20.7. The van der Waals surface area contributed by atoms with Crippen LogP contribution in [0.1, 0.15) is 65.8 Å². The molecule has 1 N–H and O–H groups in total. The Morgan fingerprint density at radius 2 is 1.91 bits per heavy atom. The van der Waals surface area contributed by atoms with Gasteiger partial charge < -0.3 is 10.2 Å². The summed E-state index contributed by atoms with van der Waals surface area (Å²) in [7, 11) is 0. The number of aromatic nitrogens is 1. The third-order valence-corrected chi connectivity index (χ3v) is 6.31. The van der Waals surface area contributed by atoms with Crippen molar-refractivity contribution in [3.8, 4) is 0 Å². The molecular weight excluding hydrogens is 353 g/mol. The number of nitrogens with zero attached hydrogens (tertiary/aromatic N) is 2. The highest BCUT2D eigenvalue weighted by molar-refractivity contribution is 7.13. The molecule has 2 heterocycles. The molecule has 0 aromatic carbocycles. The van der Waals surface area contributed by atoms with Crippen molar-refractivity contribution in [2.45, 2.75) is 64.5 Å². The molecule has 1 saturated carbocycles. The van der Waals surface area contributed by atoms with Crippen molar-refractivity contribution >= 4 is 42.1 Å². The van der Waals surface area contributed by atoms with E-state index in [-0.39, 0.29) is 36.8 Å². The molecule has 7 heteroatoms. The lowest BCUT2D eigenvalue weighted by atomic mass is 10.1. The van der Waals surface area contributed by atoms with Crippen molar-refractivity contribution < 1.29 is 4.79 Å². The number of aryl methyl sites for hydroxylation is 1. The van der Waals surface area contributed by atoms with E-state index in [1.165, 1.54) is 30.7 Å². The Labute approximate surface area is 155 Å².